The van der Waals surface area contributed by atoms with Crippen LogP contribution in [0.25, 0.3) is 0 Å². The zero-order valence-electron chi connectivity index (χ0n) is 9.14. The third-order valence-electron chi connectivity index (χ3n) is 2.56. The second-order valence-electron chi connectivity index (χ2n) is 4.08. The van der Waals surface area contributed by atoms with Crippen molar-refractivity contribution in [2.24, 2.45) is 5.92 Å². The minimum Gasteiger partial charge on any atom is -0.281 e. The second-order valence-corrected chi connectivity index (χ2v) is 5.32. The third kappa shape index (κ3) is 3.65. The summed E-state index contributed by atoms with van der Waals surface area (Å²) in [4.78, 5) is 11.0. The van der Waals surface area contributed by atoms with Gasteiger partial charge in [0.1, 0.15) is 0 Å². The molecule has 0 aliphatic heterocycles. The highest BCUT2D eigenvalue weighted by Crippen LogP contribution is 2.32. The Morgan fingerprint density at radius 2 is 1.88 bits per heavy atom. The Balaban J connectivity index is 3.01. The van der Waals surface area contributed by atoms with Crippen molar-refractivity contribution >= 4 is 40.0 Å². The third-order valence-corrected chi connectivity index (χ3v) is 3.45. The van der Waals surface area contributed by atoms with Gasteiger partial charge in [0.15, 0.2) is 0 Å². The predicted octanol–water partition coefficient (Wildman–Crippen LogP) is 4.89. The van der Waals surface area contributed by atoms with E-state index < -0.39 is 0 Å². The maximum atomic E-state index is 11.0. The summed E-state index contributed by atoms with van der Waals surface area (Å²) in [6.07, 6.45) is 0.317. The van der Waals surface area contributed by atoms with Crippen molar-refractivity contribution in [2.75, 3.05) is 0 Å². The van der Waals surface area contributed by atoms with Crippen molar-refractivity contribution in [3.63, 3.8) is 0 Å². The molecule has 0 heterocycles. The number of benzene rings is 1. The lowest BCUT2D eigenvalue weighted by Gasteiger charge is -2.20. The topological polar surface area (TPSA) is 17.1 Å². The number of rotatable bonds is 4. The zero-order chi connectivity index (χ0) is 12.3. The van der Waals surface area contributed by atoms with Gasteiger partial charge in [-0.3, -0.25) is 4.79 Å². The molecule has 1 unspecified atom stereocenters. The van der Waals surface area contributed by atoms with E-state index in [1.165, 1.54) is 0 Å². The van der Waals surface area contributed by atoms with Crippen molar-refractivity contribution < 1.29 is 4.79 Å². The van der Waals surface area contributed by atoms with E-state index in [4.69, 9.17) is 34.8 Å². The van der Waals surface area contributed by atoms with Crippen LogP contribution >= 0.6 is 34.8 Å². The molecule has 0 amide bonds. The van der Waals surface area contributed by atoms with Crippen LogP contribution in [0.15, 0.2) is 18.2 Å². The summed E-state index contributed by atoms with van der Waals surface area (Å²) in [5.41, 5.74) is 0.999. The number of hydrogen-bond donors (Lipinski definition) is 0. The molecule has 16 heavy (non-hydrogen) atoms. The maximum Gasteiger partial charge on any atom is 0.222 e. The van der Waals surface area contributed by atoms with Crippen molar-refractivity contribution in [1.82, 2.24) is 0 Å². The molecule has 1 aromatic carbocycles. The number of halogens is 3. The SMILES string of the molecule is CC(C)C(CC(=O)Cl)c1ccc(Cl)c(Cl)c1. The highest BCUT2D eigenvalue weighted by molar-refractivity contribution is 6.63. The molecule has 4 heteroatoms. The van der Waals surface area contributed by atoms with Gasteiger partial charge >= 0.3 is 0 Å². The Kier molecular flexibility index (Phi) is 5.10. The molecule has 0 radical (unpaired) electrons. The normalized spacial score (nSPS) is 12.9. The molecular formula is C12H13Cl3O. The van der Waals surface area contributed by atoms with Crippen LogP contribution < -0.4 is 0 Å². The Morgan fingerprint density at radius 1 is 1.25 bits per heavy atom. The standard InChI is InChI=1S/C12H13Cl3O/c1-7(2)9(6-12(15)16)8-3-4-10(13)11(14)5-8/h3-5,7,9H,6H2,1-2H3. The summed E-state index contributed by atoms with van der Waals surface area (Å²) in [6.45, 7) is 4.10. The molecular weight excluding hydrogens is 266 g/mol. The molecule has 0 aromatic heterocycles. The molecule has 0 spiro atoms. The molecule has 0 aliphatic carbocycles. The lowest BCUT2D eigenvalue weighted by Crippen LogP contribution is -2.09. The number of carbonyl (C=O) groups excluding carboxylic acids is 1. The lowest BCUT2D eigenvalue weighted by atomic mass is 9.86. The molecule has 88 valence electrons. The molecule has 1 aromatic rings. The van der Waals surface area contributed by atoms with Crippen LogP contribution in [0.5, 0.6) is 0 Å². The van der Waals surface area contributed by atoms with Crippen LogP contribution in [0, 0.1) is 5.92 Å². The maximum absolute atomic E-state index is 11.0. The van der Waals surface area contributed by atoms with Crippen molar-refractivity contribution in [1.29, 1.82) is 0 Å². The molecule has 0 saturated heterocycles. The first kappa shape index (κ1) is 13.8. The van der Waals surface area contributed by atoms with E-state index >= 15 is 0 Å². The van der Waals surface area contributed by atoms with E-state index in [1.807, 2.05) is 19.9 Å². The molecule has 1 atom stereocenters. The second kappa shape index (κ2) is 5.90. The smallest absolute Gasteiger partial charge is 0.222 e. The van der Waals surface area contributed by atoms with Gasteiger partial charge in [-0.1, -0.05) is 43.1 Å². The van der Waals surface area contributed by atoms with Crippen molar-refractivity contribution in [3.8, 4) is 0 Å². The Hall–Kier alpha value is -0.240. The van der Waals surface area contributed by atoms with E-state index in [1.54, 1.807) is 12.1 Å². The summed E-state index contributed by atoms with van der Waals surface area (Å²) in [5.74, 6) is 0.403. The average molecular weight is 280 g/mol. The fraction of sp³-hybridized carbons (Fsp3) is 0.417. The molecule has 1 nitrogen and oxygen atoms in total. The van der Waals surface area contributed by atoms with Gasteiger partial charge in [0.2, 0.25) is 5.24 Å². The van der Waals surface area contributed by atoms with Gasteiger partial charge in [-0.15, -0.1) is 0 Å². The van der Waals surface area contributed by atoms with Gasteiger partial charge in [0.05, 0.1) is 10.0 Å². The van der Waals surface area contributed by atoms with Gasteiger partial charge in [-0.2, -0.15) is 0 Å². The highest BCUT2D eigenvalue weighted by Gasteiger charge is 2.19. The van der Waals surface area contributed by atoms with E-state index in [9.17, 15) is 4.79 Å². The number of carbonyl (C=O) groups is 1. The summed E-state index contributed by atoms with van der Waals surface area (Å²) in [7, 11) is 0. The van der Waals surface area contributed by atoms with Crippen LogP contribution in [-0.4, -0.2) is 5.24 Å². The van der Waals surface area contributed by atoms with E-state index in [0.717, 1.165) is 5.56 Å². The van der Waals surface area contributed by atoms with Crippen LogP contribution in [0.2, 0.25) is 10.0 Å². The van der Waals surface area contributed by atoms with E-state index in [2.05, 4.69) is 0 Å². The van der Waals surface area contributed by atoms with E-state index in [0.29, 0.717) is 22.4 Å². The monoisotopic (exact) mass is 278 g/mol. The van der Waals surface area contributed by atoms with Crippen molar-refractivity contribution in [3.05, 3.63) is 33.8 Å². The van der Waals surface area contributed by atoms with Crippen LogP contribution in [-0.2, 0) is 4.79 Å². The highest BCUT2D eigenvalue weighted by atomic mass is 35.5. The summed E-state index contributed by atoms with van der Waals surface area (Å²) >= 11 is 17.2. The number of hydrogen-bond acceptors (Lipinski definition) is 1. The van der Waals surface area contributed by atoms with Crippen LogP contribution in [0.4, 0.5) is 0 Å². The Bertz CT molecular complexity index is 388. The van der Waals surface area contributed by atoms with Gasteiger partial charge in [0.25, 0.3) is 0 Å². The fourth-order valence-electron chi connectivity index (χ4n) is 1.65. The summed E-state index contributed by atoms with van der Waals surface area (Å²) in [5, 5.41) is 0.696. The Labute approximate surface area is 111 Å². The predicted molar refractivity (Wildman–Crippen MR) is 69.5 cm³/mol. The average Bonchev–Trinajstić information content (AvgIpc) is 2.18. The molecule has 0 saturated carbocycles. The van der Waals surface area contributed by atoms with Gasteiger partial charge < -0.3 is 0 Å². The van der Waals surface area contributed by atoms with Crippen LogP contribution in [0.1, 0.15) is 31.7 Å². The summed E-state index contributed by atoms with van der Waals surface area (Å²) < 4.78 is 0. The Morgan fingerprint density at radius 3 is 2.31 bits per heavy atom. The molecule has 0 aliphatic rings. The molecule has 0 N–H and O–H groups in total. The first-order valence-electron chi connectivity index (χ1n) is 5.05. The lowest BCUT2D eigenvalue weighted by molar-refractivity contribution is -0.112. The first-order chi connectivity index (χ1) is 7.41. The van der Waals surface area contributed by atoms with Gasteiger partial charge in [-0.25, -0.2) is 0 Å². The minimum absolute atomic E-state index is 0.0831. The van der Waals surface area contributed by atoms with Crippen molar-refractivity contribution in [2.45, 2.75) is 26.2 Å². The van der Waals surface area contributed by atoms with Gasteiger partial charge in [-0.05, 0) is 41.1 Å². The first-order valence-corrected chi connectivity index (χ1v) is 6.18. The molecule has 0 fully saturated rings. The fourth-order valence-corrected chi connectivity index (χ4v) is 2.13. The largest absolute Gasteiger partial charge is 0.281 e. The summed E-state index contributed by atoms with van der Waals surface area (Å²) in [6, 6.07) is 5.43. The molecule has 0 bridgehead atoms. The minimum atomic E-state index is -0.329. The zero-order valence-corrected chi connectivity index (χ0v) is 11.4. The van der Waals surface area contributed by atoms with Gasteiger partial charge in [0, 0.05) is 6.42 Å². The van der Waals surface area contributed by atoms with E-state index in [-0.39, 0.29) is 11.2 Å². The van der Waals surface area contributed by atoms with Crippen LogP contribution in [0.3, 0.4) is 0 Å². The molecule has 1 rings (SSSR count). The quantitative estimate of drug-likeness (QED) is 0.717.